The maximum Gasteiger partial charge on any atom is 0.222 e. The van der Waals surface area contributed by atoms with Gasteiger partial charge < -0.3 is 14.5 Å². The van der Waals surface area contributed by atoms with E-state index in [1.165, 1.54) is 0 Å². The molecule has 22 heavy (non-hydrogen) atoms. The number of carbonyl (C=O) groups excluding carboxylic acids is 2. The third-order valence-corrected chi connectivity index (χ3v) is 4.79. The van der Waals surface area contributed by atoms with Gasteiger partial charge in [-0.2, -0.15) is 0 Å². The molecule has 2 heterocycles. The fourth-order valence-corrected chi connectivity index (χ4v) is 3.54. The minimum absolute atomic E-state index is 0.133. The molecule has 0 N–H and O–H groups in total. The molecule has 126 valence electrons. The second kappa shape index (κ2) is 7.95. The molecule has 2 fully saturated rings. The zero-order valence-corrected chi connectivity index (χ0v) is 14.2. The molecule has 1 unspecified atom stereocenters. The summed E-state index contributed by atoms with van der Waals surface area (Å²) in [6.45, 7) is 8.89. The molecule has 2 saturated heterocycles. The van der Waals surface area contributed by atoms with Gasteiger partial charge in [0.05, 0.1) is 6.04 Å². The number of likely N-dealkylation sites (tertiary alicyclic amines) is 1. The van der Waals surface area contributed by atoms with Gasteiger partial charge in [-0.1, -0.05) is 13.8 Å². The number of amides is 2. The highest BCUT2D eigenvalue weighted by Crippen LogP contribution is 2.24. The van der Waals surface area contributed by atoms with E-state index in [-0.39, 0.29) is 23.9 Å². The van der Waals surface area contributed by atoms with Gasteiger partial charge in [-0.05, 0) is 31.6 Å². The van der Waals surface area contributed by atoms with Gasteiger partial charge in [-0.3, -0.25) is 9.59 Å². The Kier molecular flexibility index (Phi) is 6.24. The van der Waals surface area contributed by atoms with E-state index in [4.69, 9.17) is 4.74 Å². The van der Waals surface area contributed by atoms with Gasteiger partial charge in [0, 0.05) is 45.7 Å². The highest BCUT2D eigenvalue weighted by atomic mass is 16.5. The van der Waals surface area contributed by atoms with Crippen LogP contribution in [0.3, 0.4) is 0 Å². The second-order valence-corrected chi connectivity index (χ2v) is 6.98. The molecule has 0 aromatic rings. The van der Waals surface area contributed by atoms with Crippen LogP contribution in [-0.4, -0.2) is 60.0 Å². The third kappa shape index (κ3) is 4.45. The van der Waals surface area contributed by atoms with Crippen LogP contribution in [0.1, 0.15) is 52.9 Å². The Labute approximate surface area is 134 Å². The molecule has 0 aliphatic carbocycles. The quantitative estimate of drug-likeness (QED) is 0.781. The summed E-state index contributed by atoms with van der Waals surface area (Å²) >= 11 is 0. The van der Waals surface area contributed by atoms with Gasteiger partial charge in [0.25, 0.3) is 0 Å². The molecule has 0 aromatic carbocycles. The minimum atomic E-state index is 0.133. The van der Waals surface area contributed by atoms with E-state index in [1.54, 1.807) is 6.92 Å². The van der Waals surface area contributed by atoms with E-state index in [0.29, 0.717) is 18.9 Å². The molecule has 0 spiro atoms. The lowest BCUT2D eigenvalue weighted by atomic mass is 10.0. The van der Waals surface area contributed by atoms with E-state index in [2.05, 4.69) is 13.8 Å². The maximum atomic E-state index is 12.3. The first-order valence-corrected chi connectivity index (χ1v) is 8.63. The van der Waals surface area contributed by atoms with Crippen LogP contribution in [0.4, 0.5) is 0 Å². The molecule has 2 aliphatic rings. The molecule has 0 aromatic heterocycles. The Morgan fingerprint density at radius 3 is 2.45 bits per heavy atom. The fourth-order valence-electron chi connectivity index (χ4n) is 3.54. The average molecular weight is 310 g/mol. The van der Waals surface area contributed by atoms with Crippen molar-refractivity contribution in [1.29, 1.82) is 0 Å². The van der Waals surface area contributed by atoms with E-state index >= 15 is 0 Å². The Balaban J connectivity index is 1.91. The fraction of sp³-hybridized carbons (Fsp3) is 0.882. The number of ether oxygens (including phenoxy) is 1. The molecule has 5 heteroatoms. The van der Waals surface area contributed by atoms with Crippen LogP contribution < -0.4 is 0 Å². The zero-order chi connectivity index (χ0) is 16.1. The van der Waals surface area contributed by atoms with Gasteiger partial charge in [0.15, 0.2) is 0 Å². The van der Waals surface area contributed by atoms with Crippen molar-refractivity contribution < 1.29 is 14.3 Å². The van der Waals surface area contributed by atoms with E-state index in [9.17, 15) is 9.59 Å². The summed E-state index contributed by atoms with van der Waals surface area (Å²) in [5, 5.41) is 0. The summed E-state index contributed by atoms with van der Waals surface area (Å²) in [7, 11) is 0. The monoisotopic (exact) mass is 310 g/mol. The minimum Gasteiger partial charge on any atom is -0.381 e. The zero-order valence-electron chi connectivity index (χ0n) is 14.2. The summed E-state index contributed by atoms with van der Waals surface area (Å²) in [6.07, 6.45) is 4.30. The SMILES string of the molecule is CC(=O)N(C1CCOCC1)C1CCN(C(=O)CCC(C)C)C1. The summed E-state index contributed by atoms with van der Waals surface area (Å²) in [4.78, 5) is 28.3. The van der Waals surface area contributed by atoms with Crippen LogP contribution in [0.2, 0.25) is 0 Å². The van der Waals surface area contributed by atoms with Crippen molar-refractivity contribution in [3.8, 4) is 0 Å². The van der Waals surface area contributed by atoms with Crippen LogP contribution >= 0.6 is 0 Å². The molecule has 0 radical (unpaired) electrons. The Morgan fingerprint density at radius 1 is 1.18 bits per heavy atom. The molecular formula is C17H30N2O3. The lowest BCUT2D eigenvalue weighted by molar-refractivity contribution is -0.137. The predicted octanol–water partition coefficient (Wildman–Crippen LogP) is 2.05. The summed E-state index contributed by atoms with van der Waals surface area (Å²) in [5.41, 5.74) is 0. The normalized spacial score (nSPS) is 23.1. The number of nitrogens with zero attached hydrogens (tertiary/aromatic N) is 2. The number of carbonyl (C=O) groups is 2. The molecule has 2 amide bonds. The van der Waals surface area contributed by atoms with E-state index < -0.39 is 0 Å². The molecule has 5 nitrogen and oxygen atoms in total. The van der Waals surface area contributed by atoms with Crippen LogP contribution in [0.5, 0.6) is 0 Å². The molecule has 2 rings (SSSR count). The van der Waals surface area contributed by atoms with Crippen molar-refractivity contribution in [3.63, 3.8) is 0 Å². The van der Waals surface area contributed by atoms with Crippen molar-refractivity contribution in [3.05, 3.63) is 0 Å². The lowest BCUT2D eigenvalue weighted by Gasteiger charge is -2.37. The van der Waals surface area contributed by atoms with Crippen LogP contribution in [0, 0.1) is 5.92 Å². The number of hydrogen-bond acceptors (Lipinski definition) is 3. The van der Waals surface area contributed by atoms with Gasteiger partial charge in [0.2, 0.25) is 11.8 Å². The number of hydrogen-bond donors (Lipinski definition) is 0. The predicted molar refractivity (Wildman–Crippen MR) is 85.4 cm³/mol. The van der Waals surface area contributed by atoms with E-state index in [1.807, 2.05) is 9.80 Å². The summed E-state index contributed by atoms with van der Waals surface area (Å²) in [6, 6.07) is 0.463. The Morgan fingerprint density at radius 2 is 1.86 bits per heavy atom. The molecule has 0 saturated carbocycles. The van der Waals surface area contributed by atoms with Crippen LogP contribution in [-0.2, 0) is 14.3 Å². The number of rotatable bonds is 5. The molecule has 0 bridgehead atoms. The smallest absolute Gasteiger partial charge is 0.222 e. The van der Waals surface area contributed by atoms with Crippen molar-refractivity contribution in [1.82, 2.24) is 9.80 Å². The summed E-state index contributed by atoms with van der Waals surface area (Å²) in [5.74, 6) is 0.929. The largest absolute Gasteiger partial charge is 0.381 e. The standard InChI is InChI=1S/C17H30N2O3/c1-13(2)4-5-17(21)18-9-6-16(12-18)19(14(3)20)15-7-10-22-11-8-15/h13,15-16H,4-12H2,1-3H3. The van der Waals surface area contributed by atoms with Gasteiger partial charge in [0.1, 0.15) is 0 Å². The molecule has 2 aliphatic heterocycles. The second-order valence-electron chi connectivity index (χ2n) is 6.98. The Bertz CT molecular complexity index is 391. The third-order valence-electron chi connectivity index (χ3n) is 4.79. The maximum absolute atomic E-state index is 12.3. The van der Waals surface area contributed by atoms with Crippen molar-refractivity contribution in [2.45, 2.75) is 65.0 Å². The van der Waals surface area contributed by atoms with Crippen LogP contribution in [0.15, 0.2) is 0 Å². The molecular weight excluding hydrogens is 280 g/mol. The first-order valence-electron chi connectivity index (χ1n) is 8.63. The first kappa shape index (κ1) is 17.3. The molecule has 1 atom stereocenters. The lowest BCUT2D eigenvalue weighted by Crippen LogP contribution is -2.49. The highest BCUT2D eigenvalue weighted by Gasteiger charge is 2.35. The van der Waals surface area contributed by atoms with Crippen molar-refractivity contribution in [2.75, 3.05) is 26.3 Å². The van der Waals surface area contributed by atoms with Gasteiger partial charge >= 0.3 is 0 Å². The first-order chi connectivity index (χ1) is 10.5. The van der Waals surface area contributed by atoms with Gasteiger partial charge in [-0.15, -0.1) is 0 Å². The topological polar surface area (TPSA) is 49.9 Å². The van der Waals surface area contributed by atoms with Gasteiger partial charge in [-0.25, -0.2) is 0 Å². The highest BCUT2D eigenvalue weighted by molar-refractivity contribution is 5.77. The van der Waals surface area contributed by atoms with E-state index in [0.717, 1.165) is 45.4 Å². The van der Waals surface area contributed by atoms with Crippen molar-refractivity contribution >= 4 is 11.8 Å². The summed E-state index contributed by atoms with van der Waals surface area (Å²) < 4.78 is 5.40. The van der Waals surface area contributed by atoms with Crippen LogP contribution in [0.25, 0.3) is 0 Å². The average Bonchev–Trinajstić information content (AvgIpc) is 2.95. The Hall–Kier alpha value is -1.10. The van der Waals surface area contributed by atoms with Crippen molar-refractivity contribution in [2.24, 2.45) is 5.92 Å².